The number of rotatable bonds is 2. The highest BCUT2D eigenvalue weighted by molar-refractivity contribution is 9.10. The van der Waals surface area contributed by atoms with E-state index in [-0.39, 0.29) is 0 Å². The van der Waals surface area contributed by atoms with Crippen LogP contribution >= 0.6 is 15.9 Å². The number of aliphatic hydroxyl groups is 1. The van der Waals surface area contributed by atoms with Gasteiger partial charge < -0.3 is 10.0 Å². The monoisotopic (exact) mass is 345 g/mol. The van der Waals surface area contributed by atoms with Crippen LogP contribution < -0.4 is 4.90 Å². The van der Waals surface area contributed by atoms with Gasteiger partial charge in [0.15, 0.2) is 0 Å². The number of halogens is 1. The number of hydrogen-bond donors (Lipinski definition) is 1. The summed E-state index contributed by atoms with van der Waals surface area (Å²) in [6.07, 6.45) is 3.14. The minimum absolute atomic E-state index is 0.438. The Morgan fingerprint density at radius 1 is 1.10 bits per heavy atom. The summed E-state index contributed by atoms with van der Waals surface area (Å²) in [4.78, 5) is 2.39. The Morgan fingerprint density at radius 3 is 2.67 bits per heavy atom. The molecule has 2 aromatic carbocycles. The number of hydrogen-bond acceptors (Lipinski definition) is 2. The molecule has 1 N–H and O–H groups in total. The van der Waals surface area contributed by atoms with Gasteiger partial charge in [-0.2, -0.15) is 0 Å². The fraction of sp³-hybridized carbons (Fsp3) is 0.333. The molecular formula is C18H20BrNO. The minimum Gasteiger partial charge on any atom is -0.389 e. The van der Waals surface area contributed by atoms with Crippen molar-refractivity contribution >= 4 is 27.3 Å². The SMILES string of the molecule is CC(O)c1ccc(N2CCCCc3ccccc32)c(Br)c1. The molecule has 0 saturated carbocycles. The minimum atomic E-state index is -0.438. The van der Waals surface area contributed by atoms with E-state index in [9.17, 15) is 5.11 Å². The first-order valence-electron chi connectivity index (χ1n) is 7.50. The van der Waals surface area contributed by atoms with Gasteiger partial charge in [0.1, 0.15) is 0 Å². The van der Waals surface area contributed by atoms with Crippen molar-refractivity contribution in [3.63, 3.8) is 0 Å². The average Bonchev–Trinajstić information content (AvgIpc) is 2.69. The van der Waals surface area contributed by atoms with Crippen molar-refractivity contribution in [3.05, 3.63) is 58.1 Å². The molecular weight excluding hydrogens is 326 g/mol. The van der Waals surface area contributed by atoms with E-state index in [1.54, 1.807) is 6.92 Å². The van der Waals surface area contributed by atoms with Crippen molar-refractivity contribution in [1.29, 1.82) is 0 Å². The molecule has 0 amide bonds. The molecule has 1 atom stereocenters. The largest absolute Gasteiger partial charge is 0.389 e. The molecule has 0 fully saturated rings. The zero-order valence-corrected chi connectivity index (χ0v) is 13.8. The Bertz CT molecular complexity index is 639. The van der Waals surface area contributed by atoms with Gasteiger partial charge in [0.05, 0.1) is 11.8 Å². The van der Waals surface area contributed by atoms with Gasteiger partial charge in [-0.05, 0) is 71.4 Å². The molecule has 0 bridgehead atoms. The van der Waals surface area contributed by atoms with Gasteiger partial charge in [0, 0.05) is 16.7 Å². The molecule has 2 aromatic rings. The Labute approximate surface area is 134 Å². The van der Waals surface area contributed by atoms with Gasteiger partial charge in [0.25, 0.3) is 0 Å². The van der Waals surface area contributed by atoms with E-state index in [1.165, 1.54) is 29.8 Å². The first-order valence-corrected chi connectivity index (χ1v) is 8.29. The highest BCUT2D eigenvalue weighted by Gasteiger charge is 2.18. The molecule has 0 aliphatic carbocycles. The zero-order chi connectivity index (χ0) is 14.8. The second-order valence-corrected chi connectivity index (χ2v) is 6.48. The Hall–Kier alpha value is -1.32. The van der Waals surface area contributed by atoms with Crippen molar-refractivity contribution in [2.45, 2.75) is 32.3 Å². The van der Waals surface area contributed by atoms with Gasteiger partial charge in [-0.25, -0.2) is 0 Å². The van der Waals surface area contributed by atoms with Crippen molar-refractivity contribution in [2.24, 2.45) is 0 Å². The van der Waals surface area contributed by atoms with Gasteiger partial charge >= 0.3 is 0 Å². The van der Waals surface area contributed by atoms with E-state index in [0.717, 1.165) is 23.0 Å². The maximum Gasteiger partial charge on any atom is 0.0762 e. The fourth-order valence-corrected chi connectivity index (χ4v) is 3.55. The molecule has 110 valence electrons. The quantitative estimate of drug-likeness (QED) is 0.829. The summed E-state index contributed by atoms with van der Waals surface area (Å²) < 4.78 is 1.04. The predicted molar refractivity (Wildman–Crippen MR) is 91.2 cm³/mol. The smallest absolute Gasteiger partial charge is 0.0762 e. The van der Waals surface area contributed by atoms with Gasteiger partial charge in [-0.3, -0.25) is 0 Å². The van der Waals surface area contributed by atoms with Crippen LogP contribution in [0.15, 0.2) is 46.9 Å². The van der Waals surface area contributed by atoms with Gasteiger partial charge in [-0.15, -0.1) is 0 Å². The molecule has 0 saturated heterocycles. The van der Waals surface area contributed by atoms with Gasteiger partial charge in [0.2, 0.25) is 0 Å². The van der Waals surface area contributed by atoms with Crippen molar-refractivity contribution in [2.75, 3.05) is 11.4 Å². The number of aryl methyl sites for hydroxylation is 1. The van der Waals surface area contributed by atoms with Crippen molar-refractivity contribution in [1.82, 2.24) is 0 Å². The number of benzene rings is 2. The van der Waals surface area contributed by atoms with E-state index in [1.807, 2.05) is 12.1 Å². The van der Waals surface area contributed by atoms with E-state index in [0.29, 0.717) is 0 Å². The third-order valence-corrected chi connectivity index (χ3v) is 4.74. The summed E-state index contributed by atoms with van der Waals surface area (Å²) in [5, 5.41) is 9.72. The van der Waals surface area contributed by atoms with Crippen LogP contribution in [0.2, 0.25) is 0 Å². The first-order chi connectivity index (χ1) is 10.2. The molecule has 1 unspecified atom stereocenters. The third kappa shape index (κ3) is 2.99. The van der Waals surface area contributed by atoms with Crippen LogP contribution in [-0.2, 0) is 6.42 Å². The summed E-state index contributed by atoms with van der Waals surface area (Å²) in [5.74, 6) is 0. The molecule has 0 spiro atoms. The predicted octanol–water partition coefficient (Wildman–Crippen LogP) is 4.98. The van der Waals surface area contributed by atoms with Gasteiger partial charge in [-0.1, -0.05) is 24.3 Å². The van der Waals surface area contributed by atoms with E-state index >= 15 is 0 Å². The average molecular weight is 346 g/mol. The lowest BCUT2D eigenvalue weighted by molar-refractivity contribution is 0.199. The summed E-state index contributed by atoms with van der Waals surface area (Å²) in [7, 11) is 0. The fourth-order valence-electron chi connectivity index (χ4n) is 2.94. The van der Waals surface area contributed by atoms with Crippen LogP contribution in [-0.4, -0.2) is 11.7 Å². The molecule has 21 heavy (non-hydrogen) atoms. The number of aliphatic hydroxyl groups excluding tert-OH is 1. The normalized spacial score (nSPS) is 16.2. The van der Waals surface area contributed by atoms with Crippen molar-refractivity contribution in [3.8, 4) is 0 Å². The van der Waals surface area contributed by atoms with E-state index in [4.69, 9.17) is 0 Å². The van der Waals surface area contributed by atoms with E-state index in [2.05, 4.69) is 51.2 Å². The number of anilines is 2. The Morgan fingerprint density at radius 2 is 1.90 bits per heavy atom. The molecule has 3 rings (SSSR count). The van der Waals surface area contributed by atoms with Crippen LogP contribution in [0.25, 0.3) is 0 Å². The summed E-state index contributed by atoms with van der Waals surface area (Å²) in [6.45, 7) is 2.83. The van der Waals surface area contributed by atoms with Crippen molar-refractivity contribution < 1.29 is 5.11 Å². The molecule has 1 aliphatic heterocycles. The Kier molecular flexibility index (Phi) is 4.32. The highest BCUT2D eigenvalue weighted by Crippen LogP contribution is 2.37. The maximum atomic E-state index is 9.72. The lowest BCUT2D eigenvalue weighted by Crippen LogP contribution is -2.18. The second kappa shape index (κ2) is 6.20. The molecule has 2 nitrogen and oxygen atoms in total. The van der Waals surface area contributed by atoms with E-state index < -0.39 is 6.10 Å². The summed E-state index contributed by atoms with van der Waals surface area (Å²) in [6, 6.07) is 14.8. The molecule has 1 heterocycles. The van der Waals surface area contributed by atoms with Crippen LogP contribution in [0.4, 0.5) is 11.4 Å². The lowest BCUT2D eigenvalue weighted by atomic mass is 10.1. The van der Waals surface area contributed by atoms with Crippen LogP contribution in [0.3, 0.4) is 0 Å². The molecule has 3 heteroatoms. The van der Waals surface area contributed by atoms with Crippen LogP contribution in [0.1, 0.15) is 37.0 Å². The summed E-state index contributed by atoms with van der Waals surface area (Å²) >= 11 is 3.68. The molecule has 1 aliphatic rings. The highest BCUT2D eigenvalue weighted by atomic mass is 79.9. The van der Waals surface area contributed by atoms with Crippen LogP contribution in [0, 0.1) is 0 Å². The topological polar surface area (TPSA) is 23.5 Å². The maximum absolute atomic E-state index is 9.72. The third-order valence-electron chi connectivity index (χ3n) is 4.11. The summed E-state index contributed by atoms with van der Waals surface area (Å²) in [5.41, 5.74) is 4.84. The Balaban J connectivity index is 2.04. The molecule has 0 radical (unpaired) electrons. The second-order valence-electron chi connectivity index (χ2n) is 5.62. The zero-order valence-electron chi connectivity index (χ0n) is 12.2. The first kappa shape index (κ1) is 14.6. The van der Waals surface area contributed by atoms with Crippen LogP contribution in [0.5, 0.6) is 0 Å². The number of nitrogens with zero attached hydrogens (tertiary/aromatic N) is 1. The number of para-hydroxylation sites is 1. The molecule has 0 aromatic heterocycles. The lowest BCUT2D eigenvalue weighted by Gasteiger charge is -2.26. The number of fused-ring (bicyclic) bond motifs is 1. The standard InChI is InChI=1S/C18H20BrNO/c1-13(21)15-9-10-18(16(19)12-15)20-11-5-4-7-14-6-2-3-8-17(14)20/h2-3,6,8-10,12-13,21H,4-5,7,11H2,1H3.